The number of rotatable bonds is 3. The monoisotopic (exact) mass is 483 g/mol. The number of hydrazone groups is 1. The summed E-state index contributed by atoms with van der Waals surface area (Å²) in [7, 11) is 0. The summed E-state index contributed by atoms with van der Waals surface area (Å²) in [6, 6.07) is 4.02. The van der Waals surface area contributed by atoms with Crippen LogP contribution in [-0.2, 0) is 0 Å². The van der Waals surface area contributed by atoms with Crippen LogP contribution in [0.1, 0.15) is 24.8 Å². The van der Waals surface area contributed by atoms with Crippen molar-refractivity contribution in [3.05, 3.63) is 38.8 Å². The van der Waals surface area contributed by atoms with Gasteiger partial charge in [-0.3, -0.25) is 5.43 Å². The number of allylic oxidation sites excluding steroid dienone is 2. The van der Waals surface area contributed by atoms with Gasteiger partial charge in [-0.05, 0) is 83.2 Å². The molecular weight excluding hydrogens is 466 g/mol. The molecule has 1 aromatic carbocycles. The Morgan fingerprint density at radius 1 is 1.28 bits per heavy atom. The molecule has 1 aromatic rings. The van der Waals surface area contributed by atoms with Gasteiger partial charge in [-0.1, -0.05) is 28.1 Å². The van der Waals surface area contributed by atoms with Crippen molar-refractivity contribution in [2.24, 2.45) is 28.8 Å². The fourth-order valence-electron chi connectivity index (χ4n) is 4.76. The van der Waals surface area contributed by atoms with Crippen molar-refractivity contribution in [2.75, 3.05) is 0 Å². The quantitative estimate of drug-likeness (QED) is 0.259. The zero-order valence-corrected chi connectivity index (χ0v) is 17.4. The predicted molar refractivity (Wildman–Crippen MR) is 111 cm³/mol. The number of hydrogen-bond acceptors (Lipinski definition) is 3. The molecule has 4 nitrogen and oxygen atoms in total. The van der Waals surface area contributed by atoms with Gasteiger partial charge in [0.1, 0.15) is 5.75 Å². The Kier molecular flexibility index (Phi) is 4.90. The number of halogens is 2. The molecular formula is C18H19Br2N3OS. The number of fused-ring (bicyclic) bond motifs is 5. The summed E-state index contributed by atoms with van der Waals surface area (Å²) >= 11 is 12.1. The van der Waals surface area contributed by atoms with Gasteiger partial charge in [-0.15, -0.1) is 0 Å². The van der Waals surface area contributed by atoms with Gasteiger partial charge in [0.15, 0.2) is 5.11 Å². The van der Waals surface area contributed by atoms with E-state index in [1.54, 1.807) is 18.3 Å². The molecule has 3 aliphatic carbocycles. The summed E-state index contributed by atoms with van der Waals surface area (Å²) in [6.07, 6.45) is 10.1. The van der Waals surface area contributed by atoms with E-state index >= 15 is 0 Å². The van der Waals surface area contributed by atoms with Crippen molar-refractivity contribution in [2.45, 2.75) is 25.3 Å². The fraction of sp³-hybridized carbons (Fsp3) is 0.444. The molecule has 0 unspecified atom stereocenters. The van der Waals surface area contributed by atoms with Gasteiger partial charge < -0.3 is 10.4 Å². The first-order valence-corrected chi connectivity index (χ1v) is 10.5. The van der Waals surface area contributed by atoms with Crippen LogP contribution in [0, 0.1) is 23.7 Å². The minimum absolute atomic E-state index is 0.153. The van der Waals surface area contributed by atoms with E-state index in [2.05, 4.69) is 59.9 Å². The van der Waals surface area contributed by atoms with Gasteiger partial charge in [0, 0.05) is 16.1 Å². The average Bonchev–Trinajstić information content (AvgIpc) is 3.24. The summed E-state index contributed by atoms with van der Waals surface area (Å²) in [5.41, 5.74) is 3.48. The summed E-state index contributed by atoms with van der Waals surface area (Å²) in [5, 5.41) is 18.2. The Bertz CT molecular complexity index is 767. The molecule has 0 aliphatic heterocycles. The molecule has 4 rings (SSSR count). The molecule has 2 saturated carbocycles. The third-order valence-electron chi connectivity index (χ3n) is 5.75. The summed E-state index contributed by atoms with van der Waals surface area (Å²) in [5.74, 6) is 3.30. The smallest absolute Gasteiger partial charge is 0.187 e. The zero-order chi connectivity index (χ0) is 17.6. The van der Waals surface area contributed by atoms with E-state index in [0.29, 0.717) is 27.1 Å². The lowest BCUT2D eigenvalue weighted by atomic mass is 9.79. The second kappa shape index (κ2) is 7.00. The maximum atomic E-state index is 10.0. The topological polar surface area (TPSA) is 56.7 Å². The van der Waals surface area contributed by atoms with Crippen LogP contribution in [0.4, 0.5) is 0 Å². The highest BCUT2D eigenvalue weighted by molar-refractivity contribution is 9.11. The fourth-order valence-corrected chi connectivity index (χ4v) is 6.22. The van der Waals surface area contributed by atoms with Crippen LogP contribution in [0.3, 0.4) is 0 Å². The lowest BCUT2D eigenvalue weighted by Gasteiger charge is -2.32. The third-order valence-corrected chi connectivity index (χ3v) is 7.02. The maximum Gasteiger partial charge on any atom is 0.187 e. The molecule has 2 fully saturated rings. The Morgan fingerprint density at radius 2 is 2.12 bits per heavy atom. The number of thiocarbonyl (C=S) groups is 1. The van der Waals surface area contributed by atoms with Gasteiger partial charge in [0.2, 0.25) is 0 Å². The van der Waals surface area contributed by atoms with Crippen LogP contribution in [0.5, 0.6) is 5.75 Å². The number of nitrogens with one attached hydrogen (secondary N) is 2. The molecule has 0 saturated heterocycles. The van der Waals surface area contributed by atoms with E-state index in [-0.39, 0.29) is 5.75 Å². The minimum Gasteiger partial charge on any atom is -0.506 e. The maximum absolute atomic E-state index is 10.0. The predicted octanol–water partition coefficient (Wildman–Crippen LogP) is 4.32. The van der Waals surface area contributed by atoms with E-state index in [4.69, 9.17) is 12.2 Å². The largest absolute Gasteiger partial charge is 0.506 e. The molecule has 0 spiro atoms. The van der Waals surface area contributed by atoms with Gasteiger partial charge >= 0.3 is 0 Å². The molecule has 0 radical (unpaired) electrons. The second-order valence-electron chi connectivity index (χ2n) is 7.08. The standard InChI is InChI=1S/C18H19Br2N3OS/c19-11-4-10(17(24)15(20)7-11)8-21-23-18(25)22-16-6-9-5-14(16)13-3-1-2-12(9)13/h1,3-4,7-9,12-14,16,24H,2,5-6H2,(H2,22,23,25)/b21-8-/t9-,12-,13-,14+,16-/m1/s1. The highest BCUT2D eigenvalue weighted by Gasteiger charge is 2.52. The average molecular weight is 485 g/mol. The van der Waals surface area contributed by atoms with Crippen LogP contribution in [0.2, 0.25) is 0 Å². The van der Waals surface area contributed by atoms with Crippen LogP contribution >= 0.6 is 44.1 Å². The molecule has 0 aromatic heterocycles. The molecule has 3 aliphatic rings. The molecule has 132 valence electrons. The summed E-state index contributed by atoms with van der Waals surface area (Å²) < 4.78 is 1.48. The van der Waals surface area contributed by atoms with E-state index in [9.17, 15) is 5.11 Å². The minimum atomic E-state index is 0.153. The van der Waals surface area contributed by atoms with Crippen molar-refractivity contribution >= 4 is 55.4 Å². The van der Waals surface area contributed by atoms with E-state index in [1.165, 1.54) is 19.3 Å². The molecule has 0 amide bonds. The Hall–Kier alpha value is -0.920. The van der Waals surface area contributed by atoms with Crippen molar-refractivity contribution in [1.82, 2.24) is 10.7 Å². The number of hydrogen-bond donors (Lipinski definition) is 3. The van der Waals surface area contributed by atoms with Crippen LogP contribution in [0.25, 0.3) is 0 Å². The first-order chi connectivity index (χ1) is 12.0. The molecule has 25 heavy (non-hydrogen) atoms. The first kappa shape index (κ1) is 17.5. The Balaban J connectivity index is 1.34. The highest BCUT2D eigenvalue weighted by Crippen LogP contribution is 2.56. The Labute approximate surface area is 169 Å². The third kappa shape index (κ3) is 3.38. The number of benzene rings is 1. The normalized spacial score (nSPS) is 32.3. The lowest BCUT2D eigenvalue weighted by Crippen LogP contribution is -2.45. The second-order valence-corrected chi connectivity index (χ2v) is 9.25. The Morgan fingerprint density at radius 3 is 2.96 bits per heavy atom. The van der Waals surface area contributed by atoms with E-state index in [1.807, 2.05) is 0 Å². The summed E-state index contributed by atoms with van der Waals surface area (Å²) in [6.45, 7) is 0. The SMILES string of the molecule is Oc1c(Br)cc(Br)cc1/C=N\NC(=S)N[C@@H]1C[C@H]2C[C@H]1[C@@H]1C=CC[C@H]21. The van der Waals surface area contributed by atoms with E-state index in [0.717, 1.165) is 22.2 Å². The first-order valence-electron chi connectivity index (χ1n) is 8.47. The lowest BCUT2D eigenvalue weighted by molar-refractivity contribution is 0.246. The molecule has 3 N–H and O–H groups in total. The van der Waals surface area contributed by atoms with Crippen molar-refractivity contribution in [3.63, 3.8) is 0 Å². The van der Waals surface area contributed by atoms with Gasteiger partial charge in [0.05, 0.1) is 10.7 Å². The highest BCUT2D eigenvalue weighted by atomic mass is 79.9. The van der Waals surface area contributed by atoms with Crippen molar-refractivity contribution in [3.8, 4) is 5.75 Å². The van der Waals surface area contributed by atoms with E-state index < -0.39 is 0 Å². The van der Waals surface area contributed by atoms with Gasteiger partial charge in [-0.2, -0.15) is 5.10 Å². The molecule has 0 heterocycles. The summed E-state index contributed by atoms with van der Waals surface area (Å²) in [4.78, 5) is 0. The molecule has 2 bridgehead atoms. The van der Waals surface area contributed by atoms with Gasteiger partial charge in [-0.25, -0.2) is 0 Å². The molecule has 7 heteroatoms. The van der Waals surface area contributed by atoms with Gasteiger partial charge in [0.25, 0.3) is 0 Å². The molecule has 5 atom stereocenters. The number of phenolic OH excluding ortho intramolecular Hbond substituents is 1. The van der Waals surface area contributed by atoms with Crippen molar-refractivity contribution < 1.29 is 5.11 Å². The number of nitrogens with zero attached hydrogens (tertiary/aromatic N) is 1. The van der Waals surface area contributed by atoms with Crippen LogP contribution in [-0.4, -0.2) is 22.5 Å². The number of phenols is 1. The van der Waals surface area contributed by atoms with Crippen molar-refractivity contribution in [1.29, 1.82) is 0 Å². The van der Waals surface area contributed by atoms with Crippen LogP contribution < -0.4 is 10.7 Å². The zero-order valence-electron chi connectivity index (χ0n) is 13.5. The van der Waals surface area contributed by atoms with Crippen LogP contribution in [0.15, 0.2) is 38.3 Å². The number of aromatic hydroxyl groups is 1.